The van der Waals surface area contributed by atoms with Crippen molar-refractivity contribution in [3.8, 4) is 0 Å². The molecule has 0 heterocycles. The van der Waals surface area contributed by atoms with Gasteiger partial charge in [0.05, 0.1) is 0 Å². The van der Waals surface area contributed by atoms with Crippen LogP contribution in [0.4, 0.5) is 0 Å². The van der Waals surface area contributed by atoms with Gasteiger partial charge in [0.2, 0.25) is 0 Å². The van der Waals surface area contributed by atoms with Crippen LogP contribution in [0.25, 0.3) is 0 Å². The predicted octanol–water partition coefficient (Wildman–Crippen LogP) is 3.02. The number of aliphatic carboxylic acids is 1. The van der Waals surface area contributed by atoms with E-state index in [1.165, 1.54) is 32.1 Å². The Labute approximate surface area is 129 Å². The molecule has 0 radical (unpaired) electrons. The minimum Gasteiger partial charge on any atom is -0.480 e. The van der Waals surface area contributed by atoms with Crippen LogP contribution < -0.4 is 5.32 Å². The molecule has 2 unspecified atom stereocenters. The molecule has 4 nitrogen and oxygen atoms in total. The molecule has 0 saturated heterocycles. The average Bonchev–Trinajstić information content (AvgIpc) is 2.50. The lowest BCUT2D eigenvalue weighted by molar-refractivity contribution is -0.147. The summed E-state index contributed by atoms with van der Waals surface area (Å²) in [7, 11) is 0. The van der Waals surface area contributed by atoms with Crippen LogP contribution in [0.15, 0.2) is 0 Å². The molecule has 0 aromatic rings. The quantitative estimate of drug-likeness (QED) is 0.791. The summed E-state index contributed by atoms with van der Waals surface area (Å²) in [5.41, 5.74) is -0.695. The number of carboxylic acids is 1. The SMILES string of the molecule is CCNC1(C(=O)O)CCCC(N(CC)C2CCCCC2)C1. The molecule has 2 fully saturated rings. The summed E-state index contributed by atoms with van der Waals surface area (Å²) in [6, 6.07) is 1.11. The lowest BCUT2D eigenvalue weighted by Gasteiger charge is -2.46. The summed E-state index contributed by atoms with van der Waals surface area (Å²) in [6.45, 7) is 6.03. The van der Waals surface area contributed by atoms with E-state index in [-0.39, 0.29) is 0 Å². The second-order valence-electron chi connectivity index (χ2n) is 6.79. The average molecular weight is 296 g/mol. The minimum absolute atomic E-state index is 0.432. The number of hydrogen-bond acceptors (Lipinski definition) is 3. The van der Waals surface area contributed by atoms with Gasteiger partial charge in [0, 0.05) is 12.1 Å². The third-order valence-corrected chi connectivity index (χ3v) is 5.53. The predicted molar refractivity (Wildman–Crippen MR) is 85.6 cm³/mol. The van der Waals surface area contributed by atoms with Gasteiger partial charge in [-0.15, -0.1) is 0 Å². The highest BCUT2D eigenvalue weighted by Gasteiger charge is 2.44. The van der Waals surface area contributed by atoms with E-state index in [1.54, 1.807) is 0 Å². The smallest absolute Gasteiger partial charge is 0.323 e. The number of nitrogens with one attached hydrogen (secondary N) is 1. The first-order valence-electron chi connectivity index (χ1n) is 8.87. The van der Waals surface area contributed by atoms with Gasteiger partial charge in [0.25, 0.3) is 0 Å². The van der Waals surface area contributed by atoms with Crippen molar-refractivity contribution in [3.63, 3.8) is 0 Å². The molecule has 2 aliphatic carbocycles. The number of hydrogen-bond donors (Lipinski definition) is 2. The molecule has 4 heteroatoms. The number of carbonyl (C=O) groups is 1. The van der Waals surface area contributed by atoms with Crippen LogP contribution in [0, 0.1) is 0 Å². The summed E-state index contributed by atoms with van der Waals surface area (Å²) >= 11 is 0. The second kappa shape index (κ2) is 7.59. The largest absolute Gasteiger partial charge is 0.480 e. The molecule has 0 amide bonds. The molecule has 2 saturated carbocycles. The van der Waals surface area contributed by atoms with Gasteiger partial charge < -0.3 is 10.4 Å². The van der Waals surface area contributed by atoms with Crippen molar-refractivity contribution in [1.29, 1.82) is 0 Å². The molecule has 0 bridgehead atoms. The number of likely N-dealkylation sites (N-methyl/N-ethyl adjacent to an activating group) is 1. The van der Waals surface area contributed by atoms with Crippen LogP contribution in [0.3, 0.4) is 0 Å². The number of nitrogens with zero attached hydrogens (tertiary/aromatic N) is 1. The van der Waals surface area contributed by atoms with E-state index in [0.29, 0.717) is 12.1 Å². The van der Waals surface area contributed by atoms with Crippen LogP contribution in [0.1, 0.15) is 71.6 Å². The van der Waals surface area contributed by atoms with Crippen LogP contribution in [-0.2, 0) is 4.79 Å². The van der Waals surface area contributed by atoms with Gasteiger partial charge >= 0.3 is 5.97 Å². The molecule has 2 N–H and O–H groups in total. The summed E-state index contributed by atoms with van der Waals surface area (Å²) in [5, 5.41) is 13.0. The van der Waals surface area contributed by atoms with Gasteiger partial charge in [-0.05, 0) is 51.6 Å². The van der Waals surface area contributed by atoms with Crippen LogP contribution >= 0.6 is 0 Å². The molecular weight excluding hydrogens is 264 g/mol. The molecule has 2 atom stereocenters. The number of carboxylic acid groups (broad SMARTS) is 1. The van der Waals surface area contributed by atoms with E-state index in [9.17, 15) is 9.90 Å². The van der Waals surface area contributed by atoms with E-state index < -0.39 is 11.5 Å². The molecule has 2 rings (SSSR count). The fourth-order valence-electron chi connectivity index (χ4n) is 4.52. The van der Waals surface area contributed by atoms with Crippen molar-refractivity contribution >= 4 is 5.97 Å². The summed E-state index contributed by atoms with van der Waals surface area (Å²) in [5.74, 6) is -0.659. The summed E-state index contributed by atoms with van der Waals surface area (Å²) in [4.78, 5) is 14.4. The van der Waals surface area contributed by atoms with Gasteiger partial charge in [0.1, 0.15) is 5.54 Å². The first-order valence-corrected chi connectivity index (χ1v) is 8.87. The topological polar surface area (TPSA) is 52.6 Å². The maximum Gasteiger partial charge on any atom is 0.323 e. The van der Waals surface area contributed by atoms with Gasteiger partial charge in [-0.1, -0.05) is 33.1 Å². The minimum atomic E-state index is -0.695. The monoisotopic (exact) mass is 296 g/mol. The Morgan fingerprint density at radius 3 is 2.38 bits per heavy atom. The Hall–Kier alpha value is -0.610. The molecule has 2 aliphatic rings. The highest BCUT2D eigenvalue weighted by Crippen LogP contribution is 2.34. The van der Waals surface area contributed by atoms with Crippen molar-refractivity contribution in [3.05, 3.63) is 0 Å². The first-order chi connectivity index (χ1) is 10.1. The molecule has 0 spiro atoms. The van der Waals surface area contributed by atoms with Crippen LogP contribution in [0.2, 0.25) is 0 Å². The van der Waals surface area contributed by atoms with Crippen LogP contribution in [-0.4, -0.2) is 46.7 Å². The Morgan fingerprint density at radius 1 is 1.14 bits per heavy atom. The summed E-state index contributed by atoms with van der Waals surface area (Å²) in [6.07, 6.45) is 10.4. The first kappa shape index (κ1) is 16.8. The zero-order valence-corrected chi connectivity index (χ0v) is 13.7. The van der Waals surface area contributed by atoms with E-state index in [4.69, 9.17) is 0 Å². The summed E-state index contributed by atoms with van der Waals surface area (Å²) < 4.78 is 0. The fraction of sp³-hybridized carbons (Fsp3) is 0.941. The zero-order chi connectivity index (χ0) is 15.3. The van der Waals surface area contributed by atoms with E-state index in [1.807, 2.05) is 6.92 Å². The van der Waals surface area contributed by atoms with E-state index in [2.05, 4.69) is 17.1 Å². The maximum atomic E-state index is 11.8. The Balaban J connectivity index is 2.08. The Bertz CT molecular complexity index is 338. The van der Waals surface area contributed by atoms with Gasteiger partial charge in [-0.25, -0.2) is 0 Å². The fourth-order valence-corrected chi connectivity index (χ4v) is 4.52. The Morgan fingerprint density at radius 2 is 1.81 bits per heavy atom. The lowest BCUT2D eigenvalue weighted by Crippen LogP contribution is -2.59. The normalized spacial score (nSPS) is 31.5. The van der Waals surface area contributed by atoms with Gasteiger partial charge in [-0.2, -0.15) is 0 Å². The second-order valence-corrected chi connectivity index (χ2v) is 6.79. The standard InChI is InChI=1S/C17H32N2O2/c1-3-18-17(16(20)21)12-8-11-15(13-17)19(4-2)14-9-6-5-7-10-14/h14-15,18H,3-13H2,1-2H3,(H,20,21). The molecular formula is C17H32N2O2. The van der Waals surface area contributed by atoms with Crippen molar-refractivity contribution in [2.75, 3.05) is 13.1 Å². The van der Waals surface area contributed by atoms with E-state index >= 15 is 0 Å². The maximum absolute atomic E-state index is 11.8. The van der Waals surface area contributed by atoms with E-state index in [0.717, 1.165) is 38.8 Å². The van der Waals surface area contributed by atoms with Crippen molar-refractivity contribution < 1.29 is 9.90 Å². The zero-order valence-electron chi connectivity index (χ0n) is 13.7. The van der Waals surface area contributed by atoms with Crippen molar-refractivity contribution in [2.24, 2.45) is 0 Å². The molecule has 0 aliphatic heterocycles. The van der Waals surface area contributed by atoms with Gasteiger partial charge in [0.15, 0.2) is 0 Å². The molecule has 21 heavy (non-hydrogen) atoms. The van der Waals surface area contributed by atoms with Crippen molar-refractivity contribution in [1.82, 2.24) is 10.2 Å². The van der Waals surface area contributed by atoms with Crippen LogP contribution in [0.5, 0.6) is 0 Å². The lowest BCUT2D eigenvalue weighted by atomic mass is 9.77. The van der Waals surface area contributed by atoms with Crippen molar-refractivity contribution in [2.45, 2.75) is 89.3 Å². The molecule has 0 aromatic heterocycles. The third kappa shape index (κ3) is 3.78. The third-order valence-electron chi connectivity index (χ3n) is 5.53. The number of rotatable bonds is 6. The molecule has 0 aromatic carbocycles. The van der Waals surface area contributed by atoms with Gasteiger partial charge in [-0.3, -0.25) is 9.69 Å². The molecule has 122 valence electrons. The Kier molecular flexibility index (Phi) is 6.06. The highest BCUT2D eigenvalue weighted by atomic mass is 16.4. The highest BCUT2D eigenvalue weighted by molar-refractivity contribution is 5.79.